The highest BCUT2D eigenvalue weighted by Crippen LogP contribution is 2.35. The molecule has 4 nitrogen and oxygen atoms in total. The standard InChI is InChI=1S/C14H21ClN2O2S/c1-14(7-3-2-4-8-14)10-17-20(18,19)11-5-6-13(16)12(15)9-11/h5-6,9,17H,2-4,7-8,10,16H2,1H3. The highest BCUT2D eigenvalue weighted by Gasteiger charge is 2.28. The van der Waals surface area contributed by atoms with E-state index in [4.69, 9.17) is 17.3 Å². The third-order valence-corrected chi connectivity index (χ3v) is 5.76. The number of halogens is 1. The molecule has 0 spiro atoms. The molecule has 0 amide bonds. The van der Waals surface area contributed by atoms with Crippen LogP contribution in [0.15, 0.2) is 23.1 Å². The number of benzene rings is 1. The first kappa shape index (κ1) is 15.6. The Balaban J connectivity index is 2.09. The molecule has 0 saturated heterocycles. The van der Waals surface area contributed by atoms with Gasteiger partial charge in [0.2, 0.25) is 10.0 Å². The first-order valence-electron chi connectivity index (χ1n) is 6.87. The molecule has 0 aliphatic heterocycles. The van der Waals surface area contributed by atoms with Gasteiger partial charge < -0.3 is 5.73 Å². The molecule has 1 fully saturated rings. The molecule has 0 radical (unpaired) electrons. The predicted molar refractivity (Wildman–Crippen MR) is 82.2 cm³/mol. The molecule has 0 aromatic heterocycles. The monoisotopic (exact) mass is 316 g/mol. The molecule has 112 valence electrons. The molecule has 6 heteroatoms. The molecule has 3 N–H and O–H groups in total. The van der Waals surface area contributed by atoms with Gasteiger partial charge in [-0.25, -0.2) is 13.1 Å². The van der Waals surface area contributed by atoms with Crippen LogP contribution >= 0.6 is 11.6 Å². The molecular weight excluding hydrogens is 296 g/mol. The van der Waals surface area contributed by atoms with Crippen molar-refractivity contribution < 1.29 is 8.42 Å². The van der Waals surface area contributed by atoms with Gasteiger partial charge in [0.15, 0.2) is 0 Å². The van der Waals surface area contributed by atoms with Crippen molar-refractivity contribution in [3.05, 3.63) is 23.2 Å². The molecule has 1 aliphatic rings. The van der Waals surface area contributed by atoms with Gasteiger partial charge in [-0.1, -0.05) is 37.8 Å². The molecule has 1 aliphatic carbocycles. The Bertz CT molecular complexity index is 581. The van der Waals surface area contributed by atoms with E-state index in [1.165, 1.54) is 37.5 Å². The Morgan fingerprint density at radius 2 is 1.95 bits per heavy atom. The van der Waals surface area contributed by atoms with E-state index < -0.39 is 10.0 Å². The summed E-state index contributed by atoms with van der Waals surface area (Å²) in [5.74, 6) is 0. The minimum atomic E-state index is -3.53. The second-order valence-corrected chi connectivity index (χ2v) is 8.05. The number of rotatable bonds is 4. The fraction of sp³-hybridized carbons (Fsp3) is 0.571. The SMILES string of the molecule is CC1(CNS(=O)(=O)c2ccc(N)c(Cl)c2)CCCCC1. The summed E-state index contributed by atoms with van der Waals surface area (Å²) >= 11 is 5.88. The highest BCUT2D eigenvalue weighted by molar-refractivity contribution is 7.89. The van der Waals surface area contributed by atoms with Crippen molar-refractivity contribution in [1.29, 1.82) is 0 Å². The number of nitrogen functional groups attached to an aromatic ring is 1. The van der Waals surface area contributed by atoms with Crippen molar-refractivity contribution in [2.24, 2.45) is 5.41 Å². The third kappa shape index (κ3) is 3.65. The first-order valence-corrected chi connectivity index (χ1v) is 8.73. The maximum atomic E-state index is 12.3. The maximum absolute atomic E-state index is 12.3. The number of hydrogen-bond acceptors (Lipinski definition) is 3. The second-order valence-electron chi connectivity index (χ2n) is 5.88. The fourth-order valence-corrected chi connectivity index (χ4v) is 4.08. The van der Waals surface area contributed by atoms with E-state index in [2.05, 4.69) is 11.6 Å². The Hall–Kier alpha value is -0.780. The van der Waals surface area contributed by atoms with Crippen molar-refractivity contribution in [2.45, 2.75) is 43.9 Å². The summed E-state index contributed by atoms with van der Waals surface area (Å²) in [4.78, 5) is 0.163. The van der Waals surface area contributed by atoms with Gasteiger partial charge in [-0.15, -0.1) is 0 Å². The van der Waals surface area contributed by atoms with Crippen LogP contribution in [0.5, 0.6) is 0 Å². The largest absolute Gasteiger partial charge is 0.398 e. The van der Waals surface area contributed by atoms with E-state index in [0.717, 1.165) is 12.8 Å². The van der Waals surface area contributed by atoms with Gasteiger partial charge in [0, 0.05) is 6.54 Å². The van der Waals surface area contributed by atoms with E-state index in [1.54, 1.807) is 0 Å². The Morgan fingerprint density at radius 1 is 1.30 bits per heavy atom. The van der Waals surface area contributed by atoms with Crippen LogP contribution in [-0.4, -0.2) is 15.0 Å². The number of nitrogens with one attached hydrogen (secondary N) is 1. The quantitative estimate of drug-likeness (QED) is 0.838. The molecule has 0 bridgehead atoms. The van der Waals surface area contributed by atoms with Gasteiger partial charge in [0.05, 0.1) is 15.6 Å². The van der Waals surface area contributed by atoms with Crippen LogP contribution in [0.25, 0.3) is 0 Å². The van der Waals surface area contributed by atoms with Gasteiger partial charge >= 0.3 is 0 Å². The maximum Gasteiger partial charge on any atom is 0.240 e. The van der Waals surface area contributed by atoms with Crippen molar-refractivity contribution >= 4 is 27.3 Å². The zero-order valence-corrected chi connectivity index (χ0v) is 13.2. The number of nitrogens with two attached hydrogens (primary N) is 1. The van der Waals surface area contributed by atoms with Gasteiger partial charge in [0.25, 0.3) is 0 Å². The van der Waals surface area contributed by atoms with Crippen LogP contribution in [0.1, 0.15) is 39.0 Å². The predicted octanol–water partition coefficient (Wildman–Crippen LogP) is 3.17. The van der Waals surface area contributed by atoms with Crippen LogP contribution in [0.4, 0.5) is 5.69 Å². The molecular formula is C14H21ClN2O2S. The zero-order chi connectivity index (χ0) is 14.8. The molecule has 1 saturated carbocycles. The average molecular weight is 317 g/mol. The summed E-state index contributed by atoms with van der Waals surface area (Å²) in [6.45, 7) is 2.61. The summed E-state index contributed by atoms with van der Waals surface area (Å²) < 4.78 is 27.2. The topological polar surface area (TPSA) is 72.2 Å². The van der Waals surface area contributed by atoms with E-state index in [1.807, 2.05) is 0 Å². The molecule has 1 aromatic rings. The van der Waals surface area contributed by atoms with Gasteiger partial charge in [0.1, 0.15) is 0 Å². The van der Waals surface area contributed by atoms with Crippen molar-refractivity contribution in [2.75, 3.05) is 12.3 Å². The van der Waals surface area contributed by atoms with Crippen LogP contribution in [-0.2, 0) is 10.0 Å². The molecule has 0 heterocycles. The zero-order valence-electron chi connectivity index (χ0n) is 11.7. The Morgan fingerprint density at radius 3 is 2.55 bits per heavy atom. The summed E-state index contributed by atoms with van der Waals surface area (Å²) in [6.07, 6.45) is 5.73. The van der Waals surface area contributed by atoms with Crippen LogP contribution in [0.3, 0.4) is 0 Å². The van der Waals surface area contributed by atoms with Gasteiger partial charge in [-0.3, -0.25) is 0 Å². The second kappa shape index (κ2) is 5.92. The average Bonchev–Trinajstić information content (AvgIpc) is 2.41. The Labute approximate surface area is 125 Å². The van der Waals surface area contributed by atoms with E-state index in [0.29, 0.717) is 12.2 Å². The van der Waals surface area contributed by atoms with E-state index in [9.17, 15) is 8.42 Å². The molecule has 0 unspecified atom stereocenters. The van der Waals surface area contributed by atoms with Gasteiger partial charge in [-0.05, 0) is 36.5 Å². The summed E-state index contributed by atoms with van der Waals surface area (Å²) in [5, 5.41) is 0.261. The molecule has 1 aromatic carbocycles. The van der Waals surface area contributed by atoms with Crippen molar-refractivity contribution in [3.8, 4) is 0 Å². The minimum Gasteiger partial charge on any atom is -0.398 e. The minimum absolute atomic E-state index is 0.0585. The summed E-state index contributed by atoms with van der Waals surface area (Å²) in [7, 11) is -3.53. The lowest BCUT2D eigenvalue weighted by Crippen LogP contribution is -2.37. The lowest BCUT2D eigenvalue weighted by atomic mass is 9.76. The van der Waals surface area contributed by atoms with Crippen LogP contribution in [0, 0.1) is 5.41 Å². The Kier molecular flexibility index (Phi) is 4.62. The van der Waals surface area contributed by atoms with E-state index >= 15 is 0 Å². The van der Waals surface area contributed by atoms with Crippen molar-refractivity contribution in [3.63, 3.8) is 0 Å². The number of sulfonamides is 1. The molecule has 20 heavy (non-hydrogen) atoms. The lowest BCUT2D eigenvalue weighted by Gasteiger charge is -2.33. The number of hydrogen-bond donors (Lipinski definition) is 2. The lowest BCUT2D eigenvalue weighted by molar-refractivity contribution is 0.219. The third-order valence-electron chi connectivity index (χ3n) is 4.03. The van der Waals surface area contributed by atoms with Gasteiger partial charge in [-0.2, -0.15) is 0 Å². The molecule has 0 atom stereocenters. The summed E-state index contributed by atoms with van der Waals surface area (Å²) in [5.41, 5.74) is 6.03. The van der Waals surface area contributed by atoms with Crippen LogP contribution < -0.4 is 10.5 Å². The normalized spacial score (nSPS) is 18.9. The number of anilines is 1. The molecule has 2 rings (SSSR count). The van der Waals surface area contributed by atoms with Crippen LogP contribution in [0.2, 0.25) is 5.02 Å². The fourth-order valence-electron chi connectivity index (χ4n) is 2.61. The van der Waals surface area contributed by atoms with Crippen molar-refractivity contribution in [1.82, 2.24) is 4.72 Å². The highest BCUT2D eigenvalue weighted by atomic mass is 35.5. The smallest absolute Gasteiger partial charge is 0.240 e. The first-order chi connectivity index (χ1) is 9.32. The summed E-state index contributed by atoms with van der Waals surface area (Å²) in [6, 6.07) is 4.38. The van der Waals surface area contributed by atoms with E-state index in [-0.39, 0.29) is 15.3 Å².